The lowest BCUT2D eigenvalue weighted by molar-refractivity contribution is -0.401. The molecule has 70 valence electrons. The van der Waals surface area contributed by atoms with Crippen LogP contribution in [0.1, 0.15) is 0 Å². The van der Waals surface area contributed by atoms with Gasteiger partial charge < -0.3 is 20.2 Å². The van der Waals surface area contributed by atoms with Crippen molar-refractivity contribution in [2.75, 3.05) is 0 Å². The lowest BCUT2D eigenvalue weighted by Crippen LogP contribution is -1.96. The highest BCUT2D eigenvalue weighted by molar-refractivity contribution is 5.33. The maximum absolute atomic E-state index is 12.6. The summed E-state index contributed by atoms with van der Waals surface area (Å²) in [6.07, 6.45) is 0. The van der Waals surface area contributed by atoms with Gasteiger partial charge in [0.05, 0.1) is 4.48 Å². The molecule has 0 spiro atoms. The van der Waals surface area contributed by atoms with Crippen LogP contribution in [0.15, 0.2) is 0 Å². The largest absolute Gasteiger partial charge is 0.460 e. The number of rotatable bonds is 2. The molecule has 0 aromatic carbocycles. The van der Waals surface area contributed by atoms with Crippen LogP contribution < -0.4 is 0 Å². The van der Waals surface area contributed by atoms with Crippen LogP contribution in [0, 0.1) is 26.0 Å². The van der Waals surface area contributed by atoms with Crippen molar-refractivity contribution >= 4 is 11.6 Å². The molecule has 0 amide bonds. The number of nitro groups is 2. The Morgan fingerprint density at radius 3 is 2.08 bits per heavy atom. The van der Waals surface area contributed by atoms with E-state index in [1.54, 1.807) is 0 Å². The molecule has 0 aliphatic heterocycles. The molecular weight excluding hydrogens is 194 g/mol. The number of aromatic nitrogens is 2. The van der Waals surface area contributed by atoms with Crippen LogP contribution in [0.25, 0.3) is 0 Å². The van der Waals surface area contributed by atoms with Crippen LogP contribution >= 0.6 is 0 Å². The molecule has 0 atom stereocenters. The molecule has 0 saturated heterocycles. The quantitative estimate of drug-likeness (QED) is 0.505. The second-order valence-corrected chi connectivity index (χ2v) is 1.84. The predicted molar refractivity (Wildman–Crippen MR) is 32.0 cm³/mol. The molecule has 1 heterocycles. The third-order valence-corrected chi connectivity index (χ3v) is 1.10. The molecular formula is C3F2N4O4. The van der Waals surface area contributed by atoms with Gasteiger partial charge in [0.2, 0.25) is 0 Å². The zero-order valence-corrected chi connectivity index (χ0v) is 5.68. The summed E-state index contributed by atoms with van der Waals surface area (Å²) in [5.41, 5.74) is 0. The third kappa shape index (κ3) is 1.28. The van der Waals surface area contributed by atoms with Crippen molar-refractivity contribution in [2.24, 2.45) is 0 Å². The normalized spacial score (nSPS) is 10.0. The van der Waals surface area contributed by atoms with Crippen LogP contribution in [0.3, 0.4) is 0 Å². The monoisotopic (exact) mass is 194 g/mol. The fourth-order valence-corrected chi connectivity index (χ4v) is 0.620. The molecule has 1 rings (SSSR count). The first-order valence-corrected chi connectivity index (χ1v) is 2.68. The van der Waals surface area contributed by atoms with E-state index in [1.165, 1.54) is 0 Å². The molecule has 0 aliphatic rings. The van der Waals surface area contributed by atoms with E-state index in [1.807, 2.05) is 0 Å². The van der Waals surface area contributed by atoms with Crippen molar-refractivity contribution in [1.29, 1.82) is 0 Å². The molecule has 0 radical (unpaired) electrons. The Labute approximate surface area is 67.6 Å². The van der Waals surface area contributed by atoms with Gasteiger partial charge in [0.15, 0.2) is 10.0 Å². The van der Waals surface area contributed by atoms with Crippen LogP contribution in [0.5, 0.6) is 0 Å². The van der Waals surface area contributed by atoms with E-state index in [0.29, 0.717) is 0 Å². The summed E-state index contributed by atoms with van der Waals surface area (Å²) >= 11 is 0. The Hall–Kier alpha value is -2.13. The highest BCUT2D eigenvalue weighted by atomic mass is 19.2. The summed E-state index contributed by atoms with van der Waals surface area (Å²) in [5, 5.41) is 22.2. The van der Waals surface area contributed by atoms with Crippen molar-refractivity contribution in [3.63, 3.8) is 0 Å². The smallest absolute Gasteiger partial charge is 0.358 e. The van der Waals surface area contributed by atoms with Gasteiger partial charge in [-0.3, -0.25) is 0 Å². The summed E-state index contributed by atoms with van der Waals surface area (Å²) < 4.78 is 24.9. The lowest BCUT2D eigenvalue weighted by Gasteiger charge is -1.86. The molecule has 8 nitrogen and oxygen atoms in total. The Morgan fingerprint density at radius 2 is 1.85 bits per heavy atom. The van der Waals surface area contributed by atoms with Gasteiger partial charge in [-0.15, -0.1) is 0 Å². The van der Waals surface area contributed by atoms with Gasteiger partial charge in [0, 0.05) is 0 Å². The average Bonchev–Trinajstić information content (AvgIpc) is 2.26. The SMILES string of the molecule is O=[N+]([O-])c1nn(F)c([N+](=O)[O-])c1F. The molecule has 0 saturated carbocycles. The minimum Gasteiger partial charge on any atom is -0.358 e. The van der Waals surface area contributed by atoms with E-state index in [-0.39, 0.29) is 0 Å². The lowest BCUT2D eigenvalue weighted by atomic mass is 10.5. The fraction of sp³-hybridized carbons (Fsp3) is 0. The van der Waals surface area contributed by atoms with Crippen molar-refractivity contribution < 1.29 is 18.7 Å². The number of halogens is 2. The van der Waals surface area contributed by atoms with E-state index in [2.05, 4.69) is 5.10 Å². The molecule has 0 fully saturated rings. The topological polar surface area (TPSA) is 104 Å². The first-order chi connectivity index (χ1) is 5.95. The van der Waals surface area contributed by atoms with Crippen molar-refractivity contribution in [2.45, 2.75) is 0 Å². The van der Waals surface area contributed by atoms with Gasteiger partial charge in [0.25, 0.3) is 0 Å². The Morgan fingerprint density at radius 1 is 1.31 bits per heavy atom. The number of hydrogen-bond donors (Lipinski definition) is 0. The zero-order valence-electron chi connectivity index (χ0n) is 5.68. The van der Waals surface area contributed by atoms with Gasteiger partial charge in [-0.05, 0) is 9.85 Å². The highest BCUT2D eigenvalue weighted by Gasteiger charge is 2.38. The van der Waals surface area contributed by atoms with Crippen molar-refractivity contribution in [3.8, 4) is 0 Å². The number of nitrogens with zero attached hydrogens (tertiary/aromatic N) is 4. The second-order valence-electron chi connectivity index (χ2n) is 1.84. The van der Waals surface area contributed by atoms with Crippen LogP contribution in [-0.2, 0) is 0 Å². The molecule has 13 heavy (non-hydrogen) atoms. The molecule has 0 aliphatic carbocycles. The van der Waals surface area contributed by atoms with Crippen molar-refractivity contribution in [3.05, 3.63) is 26.0 Å². The summed E-state index contributed by atoms with van der Waals surface area (Å²) in [4.78, 5) is 16.0. The van der Waals surface area contributed by atoms with Crippen molar-refractivity contribution in [1.82, 2.24) is 10.0 Å². The minimum atomic E-state index is -1.91. The fourth-order valence-electron chi connectivity index (χ4n) is 0.620. The van der Waals surface area contributed by atoms with Crippen LogP contribution in [0.2, 0.25) is 0 Å². The maximum Gasteiger partial charge on any atom is 0.460 e. The zero-order chi connectivity index (χ0) is 10.2. The summed E-state index contributed by atoms with van der Waals surface area (Å²) in [7, 11) is 0. The van der Waals surface area contributed by atoms with Gasteiger partial charge in [0.1, 0.15) is 0 Å². The van der Waals surface area contributed by atoms with Crippen LogP contribution in [0.4, 0.5) is 20.5 Å². The number of hydrogen-bond acceptors (Lipinski definition) is 5. The van der Waals surface area contributed by atoms with E-state index in [4.69, 9.17) is 0 Å². The van der Waals surface area contributed by atoms with Crippen LogP contribution in [-0.4, -0.2) is 19.8 Å². The Balaban J connectivity index is 3.39. The van der Waals surface area contributed by atoms with E-state index in [0.717, 1.165) is 0 Å². The first kappa shape index (κ1) is 8.96. The predicted octanol–water partition coefficient (Wildman–Crippen LogP) is 0.571. The van der Waals surface area contributed by atoms with Gasteiger partial charge in [-0.1, -0.05) is 0 Å². The maximum atomic E-state index is 12.6. The van der Waals surface area contributed by atoms with E-state index in [9.17, 15) is 29.1 Å². The highest BCUT2D eigenvalue weighted by Crippen LogP contribution is 2.25. The molecule has 1 aromatic heterocycles. The molecule has 0 bridgehead atoms. The third-order valence-electron chi connectivity index (χ3n) is 1.10. The Bertz CT molecular complexity index is 387. The average molecular weight is 194 g/mol. The van der Waals surface area contributed by atoms with Gasteiger partial charge in [-0.2, -0.15) is 4.39 Å². The minimum absolute atomic E-state index is 0.993. The summed E-state index contributed by atoms with van der Waals surface area (Å²) in [6.45, 7) is 0. The standard InChI is InChI=1S/C3F2N4O4/c4-1-2(8(10)11)6-7(5)3(1)9(12)13. The summed E-state index contributed by atoms with van der Waals surface area (Å²) in [6, 6.07) is 0. The molecule has 10 heteroatoms. The second kappa shape index (κ2) is 2.73. The molecule has 1 aromatic rings. The summed E-state index contributed by atoms with van der Waals surface area (Å²) in [5.74, 6) is -5.11. The van der Waals surface area contributed by atoms with E-state index < -0.39 is 32.2 Å². The Kier molecular flexibility index (Phi) is 1.88. The molecule has 0 N–H and O–H groups in total. The first-order valence-electron chi connectivity index (χ1n) is 2.68. The molecule has 0 unspecified atom stereocenters. The van der Waals surface area contributed by atoms with Gasteiger partial charge >= 0.3 is 17.5 Å². The van der Waals surface area contributed by atoms with Gasteiger partial charge in [-0.25, -0.2) is 0 Å². The van der Waals surface area contributed by atoms with E-state index >= 15 is 0 Å².